The summed E-state index contributed by atoms with van der Waals surface area (Å²) in [4.78, 5) is 10.8. The van der Waals surface area contributed by atoms with E-state index in [2.05, 4.69) is 21.8 Å². The minimum atomic E-state index is 0.704. The van der Waals surface area contributed by atoms with Crippen LogP contribution in [0.2, 0.25) is 0 Å². The van der Waals surface area contributed by atoms with Crippen LogP contribution in [0.4, 0.5) is 0 Å². The molecule has 0 saturated heterocycles. The molecule has 72 valence electrons. The average molecular weight is 179 g/mol. The van der Waals surface area contributed by atoms with Crippen LogP contribution in [0, 0.1) is 0 Å². The zero-order valence-electron chi connectivity index (χ0n) is 8.24. The molecule has 3 nitrogen and oxygen atoms in total. The van der Waals surface area contributed by atoms with Gasteiger partial charge in [0.15, 0.2) is 0 Å². The molecule has 0 aromatic heterocycles. The molecule has 1 saturated carbocycles. The molecule has 0 aromatic rings. The van der Waals surface area contributed by atoms with Crippen LogP contribution in [-0.4, -0.2) is 29.8 Å². The zero-order chi connectivity index (χ0) is 9.10. The van der Waals surface area contributed by atoms with Crippen LogP contribution in [0.25, 0.3) is 0 Å². The van der Waals surface area contributed by atoms with Crippen molar-refractivity contribution >= 4 is 12.2 Å². The zero-order valence-corrected chi connectivity index (χ0v) is 8.24. The van der Waals surface area contributed by atoms with E-state index in [9.17, 15) is 0 Å². The smallest absolute Gasteiger partial charge is 0.114 e. The number of rotatable bonds is 1. The molecule has 1 heterocycles. The van der Waals surface area contributed by atoms with Crippen LogP contribution in [0.1, 0.15) is 39.0 Å². The van der Waals surface area contributed by atoms with Gasteiger partial charge >= 0.3 is 0 Å². The van der Waals surface area contributed by atoms with Crippen molar-refractivity contribution in [2.24, 2.45) is 9.98 Å². The predicted octanol–water partition coefficient (Wildman–Crippen LogP) is 2.04. The maximum absolute atomic E-state index is 4.24. The topological polar surface area (TPSA) is 28.0 Å². The summed E-state index contributed by atoms with van der Waals surface area (Å²) in [5, 5.41) is 0. The Morgan fingerprint density at radius 3 is 2.77 bits per heavy atom. The molecule has 13 heavy (non-hydrogen) atoms. The maximum atomic E-state index is 4.24. The van der Waals surface area contributed by atoms with E-state index in [-0.39, 0.29) is 0 Å². The van der Waals surface area contributed by atoms with Gasteiger partial charge in [-0.2, -0.15) is 0 Å². The Morgan fingerprint density at radius 1 is 1.31 bits per heavy atom. The molecular formula is C10H17N3. The average Bonchev–Trinajstić information content (AvgIpc) is 2.20. The molecule has 0 unspecified atom stereocenters. The van der Waals surface area contributed by atoms with Crippen LogP contribution in [0.3, 0.4) is 0 Å². The first-order valence-electron chi connectivity index (χ1n) is 5.17. The van der Waals surface area contributed by atoms with Gasteiger partial charge in [-0.25, -0.2) is 4.99 Å². The summed E-state index contributed by atoms with van der Waals surface area (Å²) < 4.78 is 0. The summed E-state index contributed by atoms with van der Waals surface area (Å²) in [6, 6.07) is 0.704. The fourth-order valence-corrected chi connectivity index (χ4v) is 2.20. The SMILES string of the molecule is CC1=NC=NCN1C1CCCCC1. The second-order valence-corrected chi connectivity index (χ2v) is 3.88. The van der Waals surface area contributed by atoms with Crippen molar-refractivity contribution in [2.45, 2.75) is 45.1 Å². The molecule has 1 fully saturated rings. The van der Waals surface area contributed by atoms with Gasteiger partial charge in [0, 0.05) is 6.04 Å². The third kappa shape index (κ3) is 1.90. The van der Waals surface area contributed by atoms with Gasteiger partial charge in [-0.1, -0.05) is 19.3 Å². The lowest BCUT2D eigenvalue weighted by molar-refractivity contribution is 0.246. The number of nitrogens with zero attached hydrogens (tertiary/aromatic N) is 3. The molecule has 0 aromatic carbocycles. The van der Waals surface area contributed by atoms with E-state index in [1.807, 2.05) is 0 Å². The van der Waals surface area contributed by atoms with Gasteiger partial charge in [-0.3, -0.25) is 4.99 Å². The fourth-order valence-electron chi connectivity index (χ4n) is 2.20. The second-order valence-electron chi connectivity index (χ2n) is 3.88. The highest BCUT2D eigenvalue weighted by molar-refractivity contribution is 5.88. The Kier molecular flexibility index (Phi) is 2.62. The largest absolute Gasteiger partial charge is 0.338 e. The highest BCUT2D eigenvalue weighted by Gasteiger charge is 2.22. The van der Waals surface area contributed by atoms with E-state index in [1.54, 1.807) is 6.34 Å². The summed E-state index contributed by atoms with van der Waals surface area (Å²) in [7, 11) is 0. The molecule has 0 radical (unpaired) electrons. The van der Waals surface area contributed by atoms with Crippen molar-refractivity contribution < 1.29 is 0 Å². The van der Waals surface area contributed by atoms with Gasteiger partial charge < -0.3 is 4.90 Å². The minimum absolute atomic E-state index is 0.704. The van der Waals surface area contributed by atoms with Crippen LogP contribution < -0.4 is 0 Å². The van der Waals surface area contributed by atoms with E-state index in [0.29, 0.717) is 6.04 Å². The van der Waals surface area contributed by atoms with Crippen LogP contribution >= 0.6 is 0 Å². The third-order valence-electron chi connectivity index (χ3n) is 2.99. The van der Waals surface area contributed by atoms with E-state index in [1.165, 1.54) is 32.1 Å². The summed E-state index contributed by atoms with van der Waals surface area (Å²) in [5.41, 5.74) is 0. The first kappa shape index (κ1) is 8.73. The molecule has 0 bridgehead atoms. The van der Waals surface area contributed by atoms with Crippen molar-refractivity contribution in [3.8, 4) is 0 Å². The second kappa shape index (κ2) is 3.90. The molecule has 0 amide bonds. The van der Waals surface area contributed by atoms with Crippen LogP contribution in [0.5, 0.6) is 0 Å². The Morgan fingerprint density at radius 2 is 2.08 bits per heavy atom. The summed E-state index contributed by atoms with van der Waals surface area (Å²) in [5.74, 6) is 1.14. The van der Waals surface area contributed by atoms with Crippen molar-refractivity contribution in [3.05, 3.63) is 0 Å². The number of hydrogen-bond acceptors (Lipinski definition) is 3. The first-order chi connectivity index (χ1) is 6.38. The van der Waals surface area contributed by atoms with Gasteiger partial charge in [-0.05, 0) is 19.8 Å². The third-order valence-corrected chi connectivity index (χ3v) is 2.99. The van der Waals surface area contributed by atoms with Gasteiger partial charge in [-0.15, -0.1) is 0 Å². The normalized spacial score (nSPS) is 24.7. The molecular weight excluding hydrogens is 162 g/mol. The summed E-state index contributed by atoms with van der Waals surface area (Å²) >= 11 is 0. The Labute approximate surface area is 79.6 Å². The van der Waals surface area contributed by atoms with Crippen molar-refractivity contribution in [1.82, 2.24) is 4.90 Å². The minimum Gasteiger partial charge on any atom is -0.338 e. The van der Waals surface area contributed by atoms with E-state index >= 15 is 0 Å². The Hall–Kier alpha value is -0.860. The Bertz CT molecular complexity index is 226. The van der Waals surface area contributed by atoms with Crippen LogP contribution in [0.15, 0.2) is 9.98 Å². The van der Waals surface area contributed by atoms with E-state index in [0.717, 1.165) is 12.5 Å². The lowest BCUT2D eigenvalue weighted by atomic mass is 9.94. The van der Waals surface area contributed by atoms with Crippen molar-refractivity contribution in [2.75, 3.05) is 6.67 Å². The molecule has 1 aliphatic carbocycles. The van der Waals surface area contributed by atoms with Crippen LogP contribution in [-0.2, 0) is 0 Å². The Balaban J connectivity index is 1.99. The lowest BCUT2D eigenvalue weighted by Gasteiger charge is -2.35. The monoisotopic (exact) mass is 179 g/mol. The number of amidine groups is 1. The quantitative estimate of drug-likeness (QED) is 0.605. The number of hydrogen-bond donors (Lipinski definition) is 0. The van der Waals surface area contributed by atoms with E-state index < -0.39 is 0 Å². The highest BCUT2D eigenvalue weighted by Crippen LogP contribution is 2.23. The summed E-state index contributed by atoms with van der Waals surface area (Å²) in [6.45, 7) is 2.90. The van der Waals surface area contributed by atoms with Gasteiger partial charge in [0.2, 0.25) is 0 Å². The maximum Gasteiger partial charge on any atom is 0.114 e. The van der Waals surface area contributed by atoms with Crippen molar-refractivity contribution in [3.63, 3.8) is 0 Å². The molecule has 2 aliphatic rings. The number of aliphatic imine (C=N–C) groups is 2. The van der Waals surface area contributed by atoms with Crippen molar-refractivity contribution in [1.29, 1.82) is 0 Å². The molecule has 2 rings (SSSR count). The van der Waals surface area contributed by atoms with Gasteiger partial charge in [0.05, 0.1) is 0 Å². The molecule has 1 aliphatic heterocycles. The molecule has 0 N–H and O–H groups in total. The highest BCUT2D eigenvalue weighted by atomic mass is 15.3. The standard InChI is InChI=1S/C10H17N3/c1-9-12-7-11-8-13(9)10-5-3-2-4-6-10/h7,10H,2-6,8H2,1H3. The fraction of sp³-hybridized carbons (Fsp3) is 0.800. The first-order valence-corrected chi connectivity index (χ1v) is 5.17. The summed E-state index contributed by atoms with van der Waals surface area (Å²) in [6.07, 6.45) is 8.47. The van der Waals surface area contributed by atoms with Gasteiger partial charge in [0.25, 0.3) is 0 Å². The lowest BCUT2D eigenvalue weighted by Crippen LogP contribution is -2.41. The molecule has 0 atom stereocenters. The molecule has 0 spiro atoms. The predicted molar refractivity (Wildman–Crippen MR) is 55.2 cm³/mol. The van der Waals surface area contributed by atoms with E-state index in [4.69, 9.17) is 0 Å². The van der Waals surface area contributed by atoms with Gasteiger partial charge in [0.1, 0.15) is 18.8 Å². The molecule has 3 heteroatoms.